The van der Waals surface area contributed by atoms with Crippen LogP contribution in [0.2, 0.25) is 0 Å². The van der Waals surface area contributed by atoms with E-state index in [9.17, 15) is 5.11 Å². The molecule has 1 N–H and O–H groups in total. The number of hydrogen-bond donors (Lipinski definition) is 1. The smallest absolute Gasteiger partial charge is 0.0812 e. The van der Waals surface area contributed by atoms with E-state index in [0.717, 1.165) is 24.9 Å². The largest absolute Gasteiger partial charge is 0.388 e. The van der Waals surface area contributed by atoms with Crippen molar-refractivity contribution >= 4 is 11.3 Å². The SMILES string of the molecule is CC1(C)Cc2c(ccn2CC(C)(C)c2cccs2)C(O)C1. The number of aliphatic hydroxyl groups excluding tert-OH is 1. The molecule has 0 radical (unpaired) electrons. The van der Waals surface area contributed by atoms with Crippen molar-refractivity contribution in [3.8, 4) is 0 Å². The van der Waals surface area contributed by atoms with Gasteiger partial charge in [0.25, 0.3) is 0 Å². The Labute approximate surface area is 131 Å². The van der Waals surface area contributed by atoms with Gasteiger partial charge in [-0.3, -0.25) is 0 Å². The van der Waals surface area contributed by atoms with Gasteiger partial charge in [0.1, 0.15) is 0 Å². The zero-order valence-electron chi connectivity index (χ0n) is 13.4. The molecule has 1 aliphatic rings. The highest BCUT2D eigenvalue weighted by atomic mass is 32.1. The molecule has 2 heterocycles. The fourth-order valence-electron chi connectivity index (χ4n) is 3.50. The quantitative estimate of drug-likeness (QED) is 0.885. The second-order valence-electron chi connectivity index (χ2n) is 7.77. The summed E-state index contributed by atoms with van der Waals surface area (Å²) in [6.45, 7) is 10.1. The summed E-state index contributed by atoms with van der Waals surface area (Å²) in [6.07, 6.45) is 3.76. The highest BCUT2D eigenvalue weighted by Gasteiger charge is 2.34. The van der Waals surface area contributed by atoms with E-state index in [1.807, 2.05) is 11.3 Å². The van der Waals surface area contributed by atoms with Gasteiger partial charge in [0.2, 0.25) is 0 Å². The molecule has 0 saturated heterocycles. The predicted octanol–water partition coefficient (Wildman–Crippen LogP) is 4.53. The Hall–Kier alpha value is -1.06. The summed E-state index contributed by atoms with van der Waals surface area (Å²) in [6, 6.07) is 6.46. The molecule has 3 rings (SSSR count). The average Bonchev–Trinajstić information content (AvgIpc) is 2.98. The molecular formula is C18H25NOS. The first kappa shape index (κ1) is 14.9. The van der Waals surface area contributed by atoms with Crippen LogP contribution in [0, 0.1) is 5.41 Å². The summed E-state index contributed by atoms with van der Waals surface area (Å²) < 4.78 is 2.36. The lowest BCUT2D eigenvalue weighted by Gasteiger charge is -2.35. The summed E-state index contributed by atoms with van der Waals surface area (Å²) in [5.74, 6) is 0. The number of thiophene rings is 1. The Morgan fingerprint density at radius 1 is 1.38 bits per heavy atom. The Morgan fingerprint density at radius 2 is 2.14 bits per heavy atom. The maximum atomic E-state index is 10.4. The Bertz CT molecular complexity index is 622. The summed E-state index contributed by atoms with van der Waals surface area (Å²) in [5, 5.41) is 12.5. The van der Waals surface area contributed by atoms with Crippen LogP contribution in [0.1, 0.15) is 56.4 Å². The number of aromatic nitrogens is 1. The van der Waals surface area contributed by atoms with Crippen LogP contribution in [-0.4, -0.2) is 9.67 Å². The molecular weight excluding hydrogens is 278 g/mol. The Morgan fingerprint density at radius 3 is 2.81 bits per heavy atom. The lowest BCUT2D eigenvalue weighted by atomic mass is 9.75. The fraction of sp³-hybridized carbons (Fsp3) is 0.556. The van der Waals surface area contributed by atoms with Gasteiger partial charge >= 0.3 is 0 Å². The van der Waals surface area contributed by atoms with Crippen LogP contribution < -0.4 is 0 Å². The summed E-state index contributed by atoms with van der Waals surface area (Å²) in [7, 11) is 0. The fourth-order valence-corrected chi connectivity index (χ4v) is 4.35. The molecule has 3 heteroatoms. The average molecular weight is 303 g/mol. The minimum atomic E-state index is -0.310. The van der Waals surface area contributed by atoms with Crippen LogP contribution in [0.4, 0.5) is 0 Å². The second kappa shape index (κ2) is 4.99. The van der Waals surface area contributed by atoms with E-state index in [2.05, 4.69) is 62.0 Å². The van der Waals surface area contributed by atoms with Crippen molar-refractivity contribution in [1.29, 1.82) is 0 Å². The molecule has 1 aliphatic carbocycles. The standard InChI is InChI=1S/C18H25NOS/c1-17(2)10-14-13(15(20)11-17)7-8-19(14)12-18(3,4)16-6-5-9-21-16/h5-9,15,20H,10-12H2,1-4H3. The minimum absolute atomic E-state index is 0.119. The van der Waals surface area contributed by atoms with Crippen molar-refractivity contribution in [1.82, 2.24) is 4.57 Å². The van der Waals surface area contributed by atoms with Gasteiger partial charge in [0.15, 0.2) is 0 Å². The third kappa shape index (κ3) is 2.82. The van der Waals surface area contributed by atoms with Crippen LogP contribution in [0.25, 0.3) is 0 Å². The van der Waals surface area contributed by atoms with Gasteiger partial charge < -0.3 is 9.67 Å². The van der Waals surface area contributed by atoms with Crippen LogP contribution >= 0.6 is 11.3 Å². The van der Waals surface area contributed by atoms with Crippen molar-refractivity contribution in [3.63, 3.8) is 0 Å². The zero-order valence-corrected chi connectivity index (χ0v) is 14.2. The van der Waals surface area contributed by atoms with Crippen molar-refractivity contribution in [3.05, 3.63) is 45.9 Å². The van der Waals surface area contributed by atoms with Crippen LogP contribution in [-0.2, 0) is 18.4 Å². The van der Waals surface area contributed by atoms with Crippen molar-refractivity contribution < 1.29 is 5.11 Å². The third-order valence-electron chi connectivity index (χ3n) is 4.62. The molecule has 1 unspecified atom stereocenters. The van der Waals surface area contributed by atoms with Gasteiger partial charge in [-0.15, -0.1) is 11.3 Å². The molecule has 21 heavy (non-hydrogen) atoms. The molecule has 0 spiro atoms. The Kier molecular flexibility index (Phi) is 3.53. The lowest BCUT2D eigenvalue weighted by Crippen LogP contribution is -2.29. The maximum Gasteiger partial charge on any atom is 0.0812 e. The van der Waals surface area contributed by atoms with E-state index in [0.29, 0.717) is 0 Å². The molecule has 0 aromatic carbocycles. The summed E-state index contributed by atoms with van der Waals surface area (Å²) in [5.41, 5.74) is 2.75. The number of hydrogen-bond acceptors (Lipinski definition) is 2. The molecule has 2 aromatic rings. The van der Waals surface area contributed by atoms with Gasteiger partial charge in [-0.1, -0.05) is 33.8 Å². The molecule has 0 aliphatic heterocycles. The molecule has 2 aromatic heterocycles. The van der Waals surface area contributed by atoms with Gasteiger partial charge in [-0.05, 0) is 35.8 Å². The van der Waals surface area contributed by atoms with E-state index in [-0.39, 0.29) is 16.9 Å². The van der Waals surface area contributed by atoms with Gasteiger partial charge in [0, 0.05) is 34.3 Å². The first-order chi connectivity index (χ1) is 9.78. The molecule has 1 atom stereocenters. The molecule has 0 fully saturated rings. The monoisotopic (exact) mass is 303 g/mol. The second-order valence-corrected chi connectivity index (χ2v) is 8.72. The highest BCUT2D eigenvalue weighted by molar-refractivity contribution is 7.10. The highest BCUT2D eigenvalue weighted by Crippen LogP contribution is 2.42. The normalized spacial score (nSPS) is 21.3. The molecule has 0 bridgehead atoms. The summed E-state index contributed by atoms with van der Waals surface area (Å²) in [4.78, 5) is 1.42. The Balaban J connectivity index is 1.92. The number of nitrogens with zero attached hydrogens (tertiary/aromatic N) is 1. The first-order valence-corrected chi connectivity index (χ1v) is 8.56. The van der Waals surface area contributed by atoms with Gasteiger partial charge in [0.05, 0.1) is 6.10 Å². The number of aliphatic hydroxyl groups is 1. The van der Waals surface area contributed by atoms with Gasteiger partial charge in [-0.25, -0.2) is 0 Å². The maximum absolute atomic E-state index is 10.4. The molecule has 0 amide bonds. The number of rotatable bonds is 3. The van der Waals surface area contributed by atoms with Gasteiger partial charge in [-0.2, -0.15) is 0 Å². The van der Waals surface area contributed by atoms with Crippen LogP contribution in [0.3, 0.4) is 0 Å². The molecule has 2 nitrogen and oxygen atoms in total. The van der Waals surface area contributed by atoms with Crippen LogP contribution in [0.5, 0.6) is 0 Å². The lowest BCUT2D eigenvalue weighted by molar-refractivity contribution is 0.0976. The van der Waals surface area contributed by atoms with E-state index < -0.39 is 0 Å². The van der Waals surface area contributed by atoms with E-state index >= 15 is 0 Å². The van der Waals surface area contributed by atoms with Crippen molar-refractivity contribution in [2.24, 2.45) is 5.41 Å². The van der Waals surface area contributed by atoms with Crippen molar-refractivity contribution in [2.75, 3.05) is 0 Å². The first-order valence-electron chi connectivity index (χ1n) is 7.68. The minimum Gasteiger partial charge on any atom is -0.388 e. The third-order valence-corrected chi connectivity index (χ3v) is 5.85. The van der Waals surface area contributed by atoms with Crippen LogP contribution in [0.15, 0.2) is 29.8 Å². The van der Waals surface area contributed by atoms with E-state index in [4.69, 9.17) is 0 Å². The molecule has 0 saturated carbocycles. The summed E-state index contributed by atoms with van der Waals surface area (Å²) >= 11 is 1.83. The zero-order chi connectivity index (χ0) is 15.3. The number of fused-ring (bicyclic) bond motifs is 1. The molecule has 114 valence electrons. The topological polar surface area (TPSA) is 25.2 Å². The van der Waals surface area contributed by atoms with E-state index in [1.54, 1.807) is 0 Å². The predicted molar refractivity (Wildman–Crippen MR) is 88.8 cm³/mol. The van der Waals surface area contributed by atoms with E-state index in [1.165, 1.54) is 10.6 Å². The van der Waals surface area contributed by atoms with Crippen molar-refractivity contribution in [2.45, 2.75) is 58.6 Å².